The zero-order chi connectivity index (χ0) is 15.4. The highest BCUT2D eigenvalue weighted by Crippen LogP contribution is 2.27. The second-order valence-electron chi connectivity index (χ2n) is 5.34. The van der Waals surface area contributed by atoms with E-state index in [1.54, 1.807) is 0 Å². The molecule has 0 bridgehead atoms. The predicted molar refractivity (Wildman–Crippen MR) is 88.7 cm³/mol. The average molecular weight is 307 g/mol. The van der Waals surface area contributed by atoms with Crippen LogP contribution < -0.4 is 11.1 Å². The number of carbonyl (C=O) groups excluding carboxylic acids is 1. The van der Waals surface area contributed by atoms with Gasteiger partial charge in [-0.2, -0.15) is 0 Å². The van der Waals surface area contributed by atoms with Crippen molar-refractivity contribution in [3.63, 3.8) is 0 Å². The third-order valence-corrected chi connectivity index (χ3v) is 3.93. The first-order valence-corrected chi connectivity index (χ1v) is 7.55. The van der Waals surface area contributed by atoms with Crippen LogP contribution in [0.1, 0.15) is 0 Å². The molecule has 0 saturated carbocycles. The zero-order valence-corrected chi connectivity index (χ0v) is 13.4. The number of fused-ring (bicyclic) bond motifs is 1. The highest BCUT2D eigenvalue weighted by Gasteiger charge is 2.10. The van der Waals surface area contributed by atoms with Crippen molar-refractivity contribution in [3.8, 4) is 0 Å². The van der Waals surface area contributed by atoms with E-state index in [1.165, 1.54) is 11.3 Å². The SMILES string of the molecule is CN(C)CCN(C)CC(=O)Nc1nc2ccc(N)cc2s1. The smallest absolute Gasteiger partial charge is 0.240 e. The maximum Gasteiger partial charge on any atom is 0.240 e. The molecule has 0 spiro atoms. The Balaban J connectivity index is 1.92. The van der Waals surface area contributed by atoms with Crippen LogP contribution in [0, 0.1) is 0 Å². The molecule has 21 heavy (non-hydrogen) atoms. The summed E-state index contributed by atoms with van der Waals surface area (Å²) < 4.78 is 0.978. The van der Waals surface area contributed by atoms with Crippen molar-refractivity contribution in [2.24, 2.45) is 0 Å². The zero-order valence-electron chi connectivity index (χ0n) is 12.6. The molecule has 0 fully saturated rings. The van der Waals surface area contributed by atoms with E-state index in [2.05, 4.69) is 15.2 Å². The summed E-state index contributed by atoms with van der Waals surface area (Å²) in [6, 6.07) is 5.54. The summed E-state index contributed by atoms with van der Waals surface area (Å²) in [5.74, 6) is -0.0525. The number of hydrogen-bond acceptors (Lipinski definition) is 6. The molecule has 1 aromatic heterocycles. The fraction of sp³-hybridized carbons (Fsp3) is 0.429. The van der Waals surface area contributed by atoms with Gasteiger partial charge in [0.15, 0.2) is 5.13 Å². The lowest BCUT2D eigenvalue weighted by Gasteiger charge is -2.18. The van der Waals surface area contributed by atoms with Crippen LogP contribution in [0.4, 0.5) is 10.8 Å². The summed E-state index contributed by atoms with van der Waals surface area (Å²) in [5.41, 5.74) is 7.29. The topological polar surface area (TPSA) is 74.5 Å². The Labute approximate surface area is 128 Å². The second-order valence-corrected chi connectivity index (χ2v) is 6.37. The number of aromatic nitrogens is 1. The fourth-order valence-electron chi connectivity index (χ4n) is 1.85. The summed E-state index contributed by atoms with van der Waals surface area (Å²) in [7, 11) is 5.96. The molecule has 0 atom stereocenters. The minimum atomic E-state index is -0.0525. The number of rotatable bonds is 6. The molecule has 7 heteroatoms. The Morgan fingerprint density at radius 1 is 1.33 bits per heavy atom. The Bertz CT molecular complexity index is 625. The number of benzene rings is 1. The van der Waals surface area contributed by atoms with Gasteiger partial charge >= 0.3 is 0 Å². The Kier molecular flexibility index (Phi) is 5.11. The first-order valence-electron chi connectivity index (χ1n) is 6.73. The van der Waals surface area contributed by atoms with Gasteiger partial charge in [0.1, 0.15) is 0 Å². The fourth-order valence-corrected chi connectivity index (χ4v) is 2.78. The van der Waals surface area contributed by atoms with Crippen LogP contribution in [0.3, 0.4) is 0 Å². The monoisotopic (exact) mass is 307 g/mol. The molecule has 0 unspecified atom stereocenters. The van der Waals surface area contributed by atoms with Crippen LogP contribution in [0.25, 0.3) is 10.2 Å². The number of nitrogens with two attached hydrogens (primary N) is 1. The number of nitrogens with zero attached hydrogens (tertiary/aromatic N) is 3. The van der Waals surface area contributed by atoms with Gasteiger partial charge in [-0.1, -0.05) is 11.3 Å². The lowest BCUT2D eigenvalue weighted by molar-refractivity contribution is -0.117. The van der Waals surface area contributed by atoms with Crippen LogP contribution in [0.15, 0.2) is 18.2 Å². The number of nitrogen functional groups attached to an aromatic ring is 1. The Hall–Kier alpha value is -1.70. The molecule has 0 aliphatic rings. The maximum atomic E-state index is 12.0. The van der Waals surface area contributed by atoms with Crippen molar-refractivity contribution in [1.82, 2.24) is 14.8 Å². The lowest BCUT2D eigenvalue weighted by atomic mass is 10.3. The molecular formula is C14H21N5OS. The maximum absolute atomic E-state index is 12.0. The van der Waals surface area contributed by atoms with E-state index in [4.69, 9.17) is 5.73 Å². The van der Waals surface area contributed by atoms with Gasteiger partial charge in [0, 0.05) is 18.8 Å². The van der Waals surface area contributed by atoms with Crippen molar-refractivity contribution in [1.29, 1.82) is 0 Å². The van der Waals surface area contributed by atoms with Gasteiger partial charge in [-0.15, -0.1) is 0 Å². The largest absolute Gasteiger partial charge is 0.399 e. The Morgan fingerprint density at radius 3 is 2.81 bits per heavy atom. The molecule has 2 aromatic rings. The summed E-state index contributed by atoms with van der Waals surface area (Å²) in [6.07, 6.45) is 0. The summed E-state index contributed by atoms with van der Waals surface area (Å²) in [6.45, 7) is 2.12. The third kappa shape index (κ3) is 4.66. The van der Waals surface area contributed by atoms with Crippen LogP contribution in [0.2, 0.25) is 0 Å². The first-order chi connectivity index (χ1) is 9.94. The van der Waals surface area contributed by atoms with Gasteiger partial charge in [0.25, 0.3) is 0 Å². The molecule has 1 heterocycles. The molecule has 2 rings (SSSR count). The Morgan fingerprint density at radius 2 is 2.10 bits per heavy atom. The third-order valence-electron chi connectivity index (χ3n) is 3.00. The number of carbonyl (C=O) groups is 1. The van der Waals surface area contributed by atoms with E-state index in [1.807, 2.05) is 44.2 Å². The van der Waals surface area contributed by atoms with E-state index in [9.17, 15) is 4.79 Å². The molecule has 114 valence electrons. The highest BCUT2D eigenvalue weighted by atomic mass is 32.1. The molecular weight excluding hydrogens is 286 g/mol. The summed E-state index contributed by atoms with van der Waals surface area (Å²) in [4.78, 5) is 20.4. The van der Waals surface area contributed by atoms with Gasteiger partial charge in [0.05, 0.1) is 16.8 Å². The van der Waals surface area contributed by atoms with E-state index in [-0.39, 0.29) is 5.91 Å². The first kappa shape index (κ1) is 15.7. The highest BCUT2D eigenvalue weighted by molar-refractivity contribution is 7.22. The van der Waals surface area contributed by atoms with Crippen molar-refractivity contribution < 1.29 is 4.79 Å². The quantitative estimate of drug-likeness (QED) is 0.787. The lowest BCUT2D eigenvalue weighted by Crippen LogP contribution is -2.34. The van der Waals surface area contributed by atoms with E-state index in [0.29, 0.717) is 17.4 Å². The van der Waals surface area contributed by atoms with Crippen LogP contribution >= 0.6 is 11.3 Å². The number of amides is 1. The van der Waals surface area contributed by atoms with Crippen molar-refractivity contribution in [3.05, 3.63) is 18.2 Å². The van der Waals surface area contributed by atoms with Crippen molar-refractivity contribution in [2.45, 2.75) is 0 Å². The van der Waals surface area contributed by atoms with Crippen molar-refractivity contribution in [2.75, 3.05) is 51.8 Å². The van der Waals surface area contributed by atoms with E-state index < -0.39 is 0 Å². The van der Waals surface area contributed by atoms with Gasteiger partial charge in [-0.25, -0.2) is 4.98 Å². The second kappa shape index (κ2) is 6.84. The molecule has 0 radical (unpaired) electrons. The van der Waals surface area contributed by atoms with Gasteiger partial charge in [-0.3, -0.25) is 9.69 Å². The van der Waals surface area contributed by atoms with Crippen LogP contribution in [-0.4, -0.2) is 61.5 Å². The molecule has 0 aliphatic carbocycles. The molecule has 0 saturated heterocycles. The van der Waals surface area contributed by atoms with Gasteiger partial charge in [-0.05, 0) is 39.3 Å². The summed E-state index contributed by atoms with van der Waals surface area (Å²) >= 11 is 1.44. The van der Waals surface area contributed by atoms with Gasteiger partial charge in [0.2, 0.25) is 5.91 Å². The van der Waals surface area contributed by atoms with E-state index in [0.717, 1.165) is 23.3 Å². The molecule has 6 nitrogen and oxygen atoms in total. The number of anilines is 2. The number of thiazole rings is 1. The number of nitrogens with one attached hydrogen (secondary N) is 1. The molecule has 0 aliphatic heterocycles. The normalized spacial score (nSPS) is 11.5. The molecule has 1 aromatic carbocycles. The predicted octanol–water partition coefficient (Wildman–Crippen LogP) is 1.31. The average Bonchev–Trinajstić information content (AvgIpc) is 2.77. The van der Waals surface area contributed by atoms with E-state index >= 15 is 0 Å². The van der Waals surface area contributed by atoms with Gasteiger partial charge < -0.3 is 16.0 Å². The molecule has 1 amide bonds. The molecule has 3 N–H and O–H groups in total. The van der Waals surface area contributed by atoms with Crippen molar-refractivity contribution >= 4 is 38.3 Å². The minimum Gasteiger partial charge on any atom is -0.399 e. The standard InChI is InChI=1S/C14H21N5OS/c1-18(2)6-7-19(3)9-13(20)17-14-16-11-5-4-10(15)8-12(11)21-14/h4-5,8H,6-7,9,15H2,1-3H3,(H,16,17,20). The number of hydrogen-bond donors (Lipinski definition) is 2. The van der Waals surface area contributed by atoms with Crippen LogP contribution in [-0.2, 0) is 4.79 Å². The minimum absolute atomic E-state index is 0.0525. The van der Waals surface area contributed by atoms with Crippen LogP contribution in [0.5, 0.6) is 0 Å². The number of likely N-dealkylation sites (N-methyl/N-ethyl adjacent to an activating group) is 2. The summed E-state index contributed by atoms with van der Waals surface area (Å²) in [5, 5.41) is 3.45.